The van der Waals surface area contributed by atoms with Crippen LogP contribution in [-0.2, 0) is 11.3 Å². The number of furan rings is 1. The van der Waals surface area contributed by atoms with Crippen LogP contribution in [0.15, 0.2) is 45.7 Å². The van der Waals surface area contributed by atoms with Gasteiger partial charge in [0.25, 0.3) is 11.1 Å². The number of carbonyl (C=O) groups excluding carboxylic acids is 2. The molecule has 3 rings (SSSR count). The van der Waals surface area contributed by atoms with E-state index in [0.717, 1.165) is 28.6 Å². The number of nitrogens with zero attached hydrogens (tertiary/aromatic N) is 1. The Morgan fingerprint density at radius 2 is 2.00 bits per heavy atom. The van der Waals surface area contributed by atoms with E-state index in [0.29, 0.717) is 17.2 Å². The van der Waals surface area contributed by atoms with Gasteiger partial charge < -0.3 is 4.42 Å². The second-order valence-corrected chi connectivity index (χ2v) is 6.20. The molecular weight excluding hydrogens is 298 g/mol. The van der Waals surface area contributed by atoms with Crippen molar-refractivity contribution >= 4 is 29.0 Å². The fourth-order valence-electron chi connectivity index (χ4n) is 2.29. The van der Waals surface area contributed by atoms with E-state index in [1.165, 1.54) is 4.90 Å². The van der Waals surface area contributed by atoms with E-state index < -0.39 is 0 Å². The van der Waals surface area contributed by atoms with E-state index in [1.807, 2.05) is 44.2 Å². The first kappa shape index (κ1) is 14.7. The Kier molecular flexibility index (Phi) is 3.90. The van der Waals surface area contributed by atoms with Gasteiger partial charge >= 0.3 is 0 Å². The van der Waals surface area contributed by atoms with Gasteiger partial charge in [0.2, 0.25) is 0 Å². The summed E-state index contributed by atoms with van der Waals surface area (Å²) in [5.41, 5.74) is 2.04. The Labute approximate surface area is 132 Å². The maximum absolute atomic E-state index is 12.4. The third kappa shape index (κ3) is 2.99. The van der Waals surface area contributed by atoms with Gasteiger partial charge in [0.05, 0.1) is 11.4 Å². The Balaban J connectivity index is 1.81. The van der Waals surface area contributed by atoms with Crippen molar-refractivity contribution < 1.29 is 14.0 Å². The number of carbonyl (C=O) groups is 2. The van der Waals surface area contributed by atoms with Crippen LogP contribution >= 0.6 is 11.8 Å². The van der Waals surface area contributed by atoms with Crippen LogP contribution in [0.25, 0.3) is 6.08 Å². The van der Waals surface area contributed by atoms with E-state index >= 15 is 0 Å². The molecule has 0 unspecified atom stereocenters. The number of hydrogen-bond acceptors (Lipinski definition) is 4. The third-order valence-electron chi connectivity index (χ3n) is 3.33. The first-order valence-electron chi connectivity index (χ1n) is 6.90. The summed E-state index contributed by atoms with van der Waals surface area (Å²) < 4.78 is 5.43. The van der Waals surface area contributed by atoms with Gasteiger partial charge in [0.1, 0.15) is 11.5 Å². The Morgan fingerprint density at radius 1 is 1.18 bits per heavy atom. The molecule has 4 nitrogen and oxygen atoms in total. The minimum absolute atomic E-state index is 0.249. The van der Waals surface area contributed by atoms with Crippen molar-refractivity contribution in [3.63, 3.8) is 0 Å². The lowest BCUT2D eigenvalue weighted by Gasteiger charge is -2.12. The average molecular weight is 313 g/mol. The number of imide groups is 1. The molecule has 22 heavy (non-hydrogen) atoms. The molecule has 2 aromatic rings. The van der Waals surface area contributed by atoms with Gasteiger partial charge in [0.15, 0.2) is 0 Å². The molecule has 5 heteroatoms. The average Bonchev–Trinajstić information content (AvgIpc) is 2.98. The highest BCUT2D eigenvalue weighted by atomic mass is 32.2. The monoisotopic (exact) mass is 313 g/mol. The zero-order valence-electron chi connectivity index (χ0n) is 12.3. The second kappa shape index (κ2) is 5.85. The molecule has 1 saturated heterocycles. The summed E-state index contributed by atoms with van der Waals surface area (Å²) in [6, 6.07) is 11.4. The van der Waals surface area contributed by atoms with E-state index in [2.05, 4.69) is 0 Å². The third-order valence-corrected chi connectivity index (χ3v) is 4.24. The number of benzene rings is 1. The highest BCUT2D eigenvalue weighted by molar-refractivity contribution is 8.18. The summed E-state index contributed by atoms with van der Waals surface area (Å²) in [6.45, 7) is 4.11. The standard InChI is InChI=1S/C17H15NO3S/c1-11-4-3-5-13(8-11)10-18-16(19)15(22-17(18)20)9-14-7-6-12(2)21-14/h3-9H,10H2,1-2H3/b15-9-. The van der Waals surface area contributed by atoms with Crippen LogP contribution in [0.3, 0.4) is 0 Å². The Morgan fingerprint density at radius 3 is 2.68 bits per heavy atom. The topological polar surface area (TPSA) is 50.5 Å². The van der Waals surface area contributed by atoms with Crippen molar-refractivity contribution in [1.29, 1.82) is 0 Å². The van der Waals surface area contributed by atoms with Gasteiger partial charge in [-0.3, -0.25) is 14.5 Å². The van der Waals surface area contributed by atoms with Gasteiger partial charge in [-0.15, -0.1) is 0 Å². The van der Waals surface area contributed by atoms with Crippen LogP contribution < -0.4 is 0 Å². The van der Waals surface area contributed by atoms with Crippen LogP contribution in [-0.4, -0.2) is 16.0 Å². The zero-order valence-corrected chi connectivity index (χ0v) is 13.1. The summed E-state index contributed by atoms with van der Waals surface area (Å²) >= 11 is 0.948. The first-order valence-corrected chi connectivity index (χ1v) is 7.72. The zero-order chi connectivity index (χ0) is 15.7. The molecule has 1 aliphatic rings. The molecule has 0 spiro atoms. The molecule has 1 fully saturated rings. The van der Waals surface area contributed by atoms with Crippen LogP contribution in [0, 0.1) is 13.8 Å². The van der Waals surface area contributed by atoms with E-state index in [1.54, 1.807) is 12.1 Å². The quantitative estimate of drug-likeness (QED) is 0.799. The number of hydrogen-bond donors (Lipinski definition) is 0. The van der Waals surface area contributed by atoms with E-state index in [9.17, 15) is 9.59 Å². The summed E-state index contributed by atoms with van der Waals surface area (Å²) in [4.78, 5) is 26.1. The molecule has 0 radical (unpaired) electrons. The summed E-state index contributed by atoms with van der Waals surface area (Å²) in [5, 5.41) is -0.249. The Bertz CT molecular complexity index is 776. The van der Waals surface area contributed by atoms with Gasteiger partial charge in [-0.05, 0) is 43.3 Å². The van der Waals surface area contributed by atoms with E-state index in [4.69, 9.17) is 4.42 Å². The molecule has 0 atom stereocenters. The number of thioether (sulfide) groups is 1. The van der Waals surface area contributed by atoms with Crippen LogP contribution in [0.2, 0.25) is 0 Å². The van der Waals surface area contributed by atoms with Crippen LogP contribution in [0.4, 0.5) is 4.79 Å². The van der Waals surface area contributed by atoms with Crippen molar-refractivity contribution in [3.8, 4) is 0 Å². The number of aryl methyl sites for hydroxylation is 2. The summed E-state index contributed by atoms with van der Waals surface area (Å²) in [7, 11) is 0. The normalized spacial score (nSPS) is 16.8. The maximum atomic E-state index is 12.4. The maximum Gasteiger partial charge on any atom is 0.293 e. The smallest absolute Gasteiger partial charge is 0.293 e. The minimum Gasteiger partial charge on any atom is -0.462 e. The fourth-order valence-corrected chi connectivity index (χ4v) is 3.11. The van der Waals surface area contributed by atoms with Gasteiger partial charge in [-0.1, -0.05) is 29.8 Å². The molecule has 0 saturated carbocycles. The van der Waals surface area contributed by atoms with Crippen molar-refractivity contribution in [2.75, 3.05) is 0 Å². The second-order valence-electron chi connectivity index (χ2n) is 5.21. The molecular formula is C17H15NO3S. The lowest BCUT2D eigenvalue weighted by Crippen LogP contribution is -2.27. The molecule has 1 aromatic carbocycles. The predicted molar refractivity (Wildman–Crippen MR) is 86.1 cm³/mol. The highest BCUT2D eigenvalue weighted by Crippen LogP contribution is 2.33. The lowest BCUT2D eigenvalue weighted by molar-refractivity contribution is -0.123. The van der Waals surface area contributed by atoms with E-state index in [-0.39, 0.29) is 11.1 Å². The molecule has 2 amide bonds. The SMILES string of the molecule is Cc1cccc(CN2C(=O)S/C(=C\c3ccc(C)o3)C2=O)c1. The predicted octanol–water partition coefficient (Wildman–Crippen LogP) is 4.13. The van der Waals surface area contributed by atoms with Gasteiger partial charge in [0, 0.05) is 6.08 Å². The highest BCUT2D eigenvalue weighted by Gasteiger charge is 2.35. The first-order chi connectivity index (χ1) is 10.5. The van der Waals surface area contributed by atoms with Crippen LogP contribution in [0.5, 0.6) is 0 Å². The molecule has 0 N–H and O–H groups in total. The number of amides is 2. The van der Waals surface area contributed by atoms with Crippen molar-refractivity contribution in [2.45, 2.75) is 20.4 Å². The molecule has 0 aliphatic carbocycles. The lowest BCUT2D eigenvalue weighted by atomic mass is 10.1. The molecule has 112 valence electrons. The summed E-state index contributed by atoms with van der Waals surface area (Å²) in [5.74, 6) is 1.08. The molecule has 1 aliphatic heterocycles. The summed E-state index contributed by atoms with van der Waals surface area (Å²) in [6.07, 6.45) is 1.62. The fraction of sp³-hybridized carbons (Fsp3) is 0.176. The number of rotatable bonds is 3. The molecule has 0 bridgehead atoms. The van der Waals surface area contributed by atoms with Gasteiger partial charge in [-0.25, -0.2) is 0 Å². The van der Waals surface area contributed by atoms with Crippen molar-refractivity contribution in [2.24, 2.45) is 0 Å². The van der Waals surface area contributed by atoms with Crippen molar-refractivity contribution in [3.05, 3.63) is 64.0 Å². The largest absolute Gasteiger partial charge is 0.462 e. The molecule has 1 aromatic heterocycles. The van der Waals surface area contributed by atoms with Gasteiger partial charge in [-0.2, -0.15) is 0 Å². The molecule has 2 heterocycles. The van der Waals surface area contributed by atoms with Crippen molar-refractivity contribution in [1.82, 2.24) is 4.90 Å². The van der Waals surface area contributed by atoms with Crippen LogP contribution in [0.1, 0.15) is 22.6 Å². The Hall–Kier alpha value is -2.27. The minimum atomic E-state index is -0.273.